The number of nitrogens with zero attached hydrogens (tertiary/aromatic N) is 6. The third kappa shape index (κ3) is 12.2. The average molecular weight is 1220 g/mol. The van der Waals surface area contributed by atoms with Gasteiger partial charge in [-0.2, -0.15) is 9.69 Å². The Balaban J connectivity index is 0.00000769. The highest BCUT2D eigenvalue weighted by Gasteiger charge is 2.43. The van der Waals surface area contributed by atoms with Crippen LogP contribution in [0.15, 0.2) is 213 Å². The van der Waals surface area contributed by atoms with Crippen LogP contribution < -0.4 is 50.1 Å². The molecule has 1 aliphatic carbocycles. The van der Waals surface area contributed by atoms with Gasteiger partial charge >= 0.3 is 5.97 Å². The molecule has 0 saturated carbocycles. The second-order valence-electron chi connectivity index (χ2n) is 23.1. The van der Waals surface area contributed by atoms with Crippen LogP contribution in [0.1, 0.15) is 90.7 Å². The van der Waals surface area contributed by atoms with Gasteiger partial charge in [-0.3, -0.25) is 9.59 Å². The van der Waals surface area contributed by atoms with Crippen molar-refractivity contribution in [2.45, 2.75) is 96.1 Å². The van der Waals surface area contributed by atoms with Gasteiger partial charge in [-0.05, 0) is 124 Å². The van der Waals surface area contributed by atoms with E-state index in [2.05, 4.69) is 156 Å². The summed E-state index contributed by atoms with van der Waals surface area (Å²) in [6.45, 7) is 12.5. The summed E-state index contributed by atoms with van der Waals surface area (Å²) in [6.07, 6.45) is 14.1. The lowest BCUT2D eigenvalue weighted by atomic mass is 9.81. The highest BCUT2D eigenvalue weighted by Crippen LogP contribution is 2.48. The molecule has 0 spiro atoms. The SMILES string of the molecule is CN1/C(=C/C=C2\CCCC(/C=C/C3=[N+](C)c4ccccc4C3(C)C)=C2NCCCCNC(=O)CCC(=O)OCC2(C)Nc3cccc4c(/N=N/c5ccc(/N=N/c6ccccc6)c6ccccc56)ccc(c34)N2)C(C)(C)c2ccccc21.[I-]. The molecule has 0 saturated heterocycles. The van der Waals surface area contributed by atoms with Crippen molar-refractivity contribution in [2.24, 2.45) is 20.5 Å². The molecule has 4 N–H and O–H groups in total. The molecule has 13 nitrogen and oxygen atoms in total. The molecule has 1 unspecified atom stereocenters. The Morgan fingerprint density at radius 2 is 1.28 bits per heavy atom. The number of benzene rings is 7. The van der Waals surface area contributed by atoms with Crippen molar-refractivity contribution in [1.29, 1.82) is 0 Å². The first kappa shape index (κ1) is 58.0. The van der Waals surface area contributed by atoms with Crippen molar-refractivity contribution in [2.75, 3.05) is 49.3 Å². The number of hydrogen-bond donors (Lipinski definition) is 4. The number of unbranched alkanes of at least 4 members (excludes halogenated alkanes) is 1. The van der Waals surface area contributed by atoms with E-state index in [1.165, 1.54) is 50.8 Å². The fourth-order valence-corrected chi connectivity index (χ4v) is 12.3. The molecule has 11 rings (SSSR count). The van der Waals surface area contributed by atoms with Gasteiger partial charge in [-0.25, -0.2) is 0 Å². The normalized spacial score (nSPS) is 18.7. The minimum atomic E-state index is -0.807. The Morgan fingerprint density at radius 1 is 0.651 bits per heavy atom. The summed E-state index contributed by atoms with van der Waals surface area (Å²) >= 11 is 0. The number of esters is 1. The molecule has 0 bridgehead atoms. The molecule has 0 fully saturated rings. The topological polar surface area (TPSA) is 147 Å². The van der Waals surface area contributed by atoms with E-state index in [1.807, 2.05) is 104 Å². The van der Waals surface area contributed by atoms with Crippen LogP contribution in [0.4, 0.5) is 45.5 Å². The molecule has 4 aliphatic rings. The molecule has 0 radical (unpaired) electrons. The minimum Gasteiger partial charge on any atom is -1.00 e. The van der Waals surface area contributed by atoms with E-state index in [0.717, 1.165) is 88.6 Å². The van der Waals surface area contributed by atoms with Gasteiger partial charge in [0.15, 0.2) is 5.71 Å². The van der Waals surface area contributed by atoms with E-state index in [9.17, 15) is 9.59 Å². The molecule has 7 aromatic carbocycles. The van der Waals surface area contributed by atoms with Crippen LogP contribution in [-0.4, -0.2) is 61.6 Å². The van der Waals surface area contributed by atoms with Crippen LogP contribution in [0, 0.1) is 0 Å². The molecular formula is C69H73IN10O3. The predicted octanol–water partition coefficient (Wildman–Crippen LogP) is 13.1. The largest absolute Gasteiger partial charge is 1.00 e. The zero-order chi connectivity index (χ0) is 57.0. The first-order valence-corrected chi connectivity index (χ1v) is 28.7. The Hall–Kier alpha value is -8.24. The van der Waals surface area contributed by atoms with E-state index < -0.39 is 11.6 Å². The quantitative estimate of drug-likeness (QED) is 0.0220. The lowest BCUT2D eigenvalue weighted by Crippen LogP contribution is -3.00. The summed E-state index contributed by atoms with van der Waals surface area (Å²) in [5.74, 6) is -0.608. The molecule has 83 heavy (non-hydrogen) atoms. The Bertz CT molecular complexity index is 3840. The number of hydrogen-bond acceptors (Lipinski definition) is 11. The van der Waals surface area contributed by atoms with Gasteiger partial charge in [0.1, 0.15) is 19.3 Å². The van der Waals surface area contributed by atoms with Gasteiger partial charge in [0, 0.05) is 99.7 Å². The van der Waals surface area contributed by atoms with E-state index in [1.54, 1.807) is 0 Å². The number of carbonyl (C=O) groups excluding carboxylic acids is 2. The van der Waals surface area contributed by atoms with Crippen LogP contribution in [-0.2, 0) is 25.2 Å². The minimum absolute atomic E-state index is 0. The molecular weight excluding hydrogens is 1140 g/mol. The molecule has 424 valence electrons. The van der Waals surface area contributed by atoms with Gasteiger partial charge in [0.25, 0.3) is 0 Å². The van der Waals surface area contributed by atoms with Crippen LogP contribution in [0.2, 0.25) is 0 Å². The highest BCUT2D eigenvalue weighted by molar-refractivity contribution is 6.10. The summed E-state index contributed by atoms with van der Waals surface area (Å²) in [7, 11) is 4.35. The third-order valence-corrected chi connectivity index (χ3v) is 16.6. The molecule has 7 aromatic rings. The van der Waals surface area contributed by atoms with E-state index in [4.69, 9.17) is 15.0 Å². The second kappa shape index (κ2) is 24.7. The number of likely N-dealkylation sites (N-methyl/N-ethyl adjacent to an activating group) is 1. The van der Waals surface area contributed by atoms with Crippen LogP contribution in [0.3, 0.4) is 0 Å². The summed E-state index contributed by atoms with van der Waals surface area (Å²) in [5.41, 5.74) is 15.2. The lowest BCUT2D eigenvalue weighted by Gasteiger charge is -2.38. The first-order chi connectivity index (χ1) is 39.7. The number of nitrogens with one attached hydrogen (secondary N) is 4. The van der Waals surface area contributed by atoms with Crippen LogP contribution in [0.25, 0.3) is 21.5 Å². The van der Waals surface area contributed by atoms with Crippen molar-refractivity contribution < 1.29 is 42.9 Å². The van der Waals surface area contributed by atoms with Gasteiger partial charge < -0.3 is 54.9 Å². The second-order valence-corrected chi connectivity index (χ2v) is 23.1. The summed E-state index contributed by atoms with van der Waals surface area (Å²) in [6, 6.07) is 48.8. The van der Waals surface area contributed by atoms with E-state index in [-0.39, 0.29) is 60.2 Å². The van der Waals surface area contributed by atoms with Gasteiger partial charge in [-0.15, -0.1) is 15.3 Å². The zero-order valence-electron chi connectivity index (χ0n) is 48.5. The predicted molar refractivity (Wildman–Crippen MR) is 333 cm³/mol. The lowest BCUT2D eigenvalue weighted by molar-refractivity contribution is -0.401. The number of allylic oxidation sites excluding steroid dienone is 7. The molecule has 1 atom stereocenters. The molecule has 14 heteroatoms. The Morgan fingerprint density at radius 3 is 2.01 bits per heavy atom. The molecule has 1 amide bonds. The standard InChI is InChI=1S/C69H72N10O3.HI/c1-67(2)52-28-13-15-31-59(52)78(6)61(67)39-33-46-21-19-22-47(34-40-62-68(3,4)53-29-14-16-32-60(53)79(62)7)66(46)71-44-18-17-43-70-63(80)41-42-64(81)82-45-69(5)72-57-30-20-27-51-56(37-38-58(73-69)65(51)57)77-76-55-36-35-54(49-25-11-12-26-50(49)55)75-74-48-23-9-8-10-24-48;/h8-16,20,23-40H,17-19,21-22,41-45H2,1-7H3,(H3,70,72,73,74,76,80);1H/b46-33+,61-39+;. The Labute approximate surface area is 504 Å². The average Bonchev–Trinajstić information content (AvgIpc) is 4.07. The van der Waals surface area contributed by atoms with Gasteiger partial charge in [-0.1, -0.05) is 117 Å². The number of para-hydroxylation sites is 2. The maximum Gasteiger partial charge on any atom is 0.306 e. The number of ether oxygens (including phenoxy) is 1. The van der Waals surface area contributed by atoms with E-state index >= 15 is 0 Å². The third-order valence-electron chi connectivity index (χ3n) is 16.6. The molecule has 3 heterocycles. The summed E-state index contributed by atoms with van der Waals surface area (Å²) in [5, 5.41) is 36.2. The fraction of sp³-hybridized carbons (Fsp3) is 0.290. The fourth-order valence-electron chi connectivity index (χ4n) is 12.3. The van der Waals surface area contributed by atoms with Crippen LogP contribution in [0.5, 0.6) is 0 Å². The zero-order valence-corrected chi connectivity index (χ0v) is 50.7. The number of fused-ring (bicyclic) bond motifs is 3. The molecule has 0 aromatic heterocycles. The summed E-state index contributed by atoms with van der Waals surface area (Å²) in [4.78, 5) is 28.5. The number of carbonyl (C=O) groups is 2. The smallest absolute Gasteiger partial charge is 0.306 e. The van der Waals surface area contributed by atoms with Crippen molar-refractivity contribution in [3.05, 3.63) is 204 Å². The number of halogens is 1. The first-order valence-electron chi connectivity index (χ1n) is 28.7. The summed E-state index contributed by atoms with van der Waals surface area (Å²) < 4.78 is 8.14. The van der Waals surface area contributed by atoms with Crippen molar-refractivity contribution in [3.63, 3.8) is 0 Å². The highest BCUT2D eigenvalue weighted by atomic mass is 127. The maximum atomic E-state index is 13.1. The van der Waals surface area contributed by atoms with E-state index in [0.29, 0.717) is 12.2 Å². The molecule has 3 aliphatic heterocycles. The maximum absolute atomic E-state index is 13.1. The number of anilines is 3. The van der Waals surface area contributed by atoms with Crippen LogP contribution >= 0.6 is 0 Å². The number of rotatable bonds is 18. The van der Waals surface area contributed by atoms with Gasteiger partial charge in [0.2, 0.25) is 11.6 Å². The van der Waals surface area contributed by atoms with Gasteiger partial charge in [0.05, 0.1) is 34.6 Å². The van der Waals surface area contributed by atoms with Crippen molar-refractivity contribution in [1.82, 2.24) is 10.6 Å². The van der Waals surface area contributed by atoms with Crippen molar-refractivity contribution >= 4 is 84.6 Å². The number of amides is 1. The monoisotopic (exact) mass is 1220 g/mol. The number of azo groups is 2. The van der Waals surface area contributed by atoms with Crippen molar-refractivity contribution in [3.8, 4) is 0 Å². The Kier molecular flexibility index (Phi) is 17.2.